The molecule has 2 aromatic heterocycles. The number of nitrogens with one attached hydrogen (secondary N) is 1. The van der Waals surface area contributed by atoms with Gasteiger partial charge >= 0.3 is 0 Å². The van der Waals surface area contributed by atoms with Gasteiger partial charge in [0.15, 0.2) is 0 Å². The second kappa shape index (κ2) is 6.52. The Balaban J connectivity index is 2.07. The zero-order valence-electron chi connectivity index (χ0n) is 12.0. The van der Waals surface area contributed by atoms with Crippen molar-refractivity contribution in [3.05, 3.63) is 36.2 Å². The summed E-state index contributed by atoms with van der Waals surface area (Å²) < 4.78 is 3.98. The lowest BCUT2D eigenvalue weighted by Gasteiger charge is -2.15. The molecule has 0 aliphatic heterocycles. The molecule has 0 bridgehead atoms. The lowest BCUT2D eigenvalue weighted by Crippen LogP contribution is -2.20. The first-order valence-electron chi connectivity index (χ1n) is 6.96. The largest absolute Gasteiger partial charge is 0.346 e. The lowest BCUT2D eigenvalue weighted by atomic mass is 10.1. The maximum Gasteiger partial charge on any atom is 0.146 e. The monoisotopic (exact) mass is 261 g/mol. The molecule has 2 heterocycles. The first kappa shape index (κ1) is 13.8. The van der Waals surface area contributed by atoms with Crippen LogP contribution in [0.25, 0.3) is 0 Å². The van der Waals surface area contributed by atoms with Crippen LogP contribution in [0.5, 0.6) is 0 Å². The Morgan fingerprint density at radius 3 is 2.84 bits per heavy atom. The second-order valence-corrected chi connectivity index (χ2v) is 4.82. The van der Waals surface area contributed by atoms with E-state index in [1.165, 1.54) is 18.4 Å². The normalized spacial score (nSPS) is 12.8. The fourth-order valence-corrected chi connectivity index (χ4v) is 2.31. The van der Waals surface area contributed by atoms with Crippen molar-refractivity contribution >= 4 is 0 Å². The molecule has 1 unspecified atom stereocenters. The molecule has 0 radical (unpaired) electrons. The number of hydrogen-bond donors (Lipinski definition) is 1. The van der Waals surface area contributed by atoms with Crippen LogP contribution in [-0.4, -0.2) is 25.9 Å². The summed E-state index contributed by atoms with van der Waals surface area (Å²) in [5.74, 6) is 0.970. The first-order chi connectivity index (χ1) is 9.24. The minimum atomic E-state index is 0.454. The van der Waals surface area contributed by atoms with E-state index < -0.39 is 0 Å². The third kappa shape index (κ3) is 3.44. The van der Waals surface area contributed by atoms with Crippen LogP contribution in [0.1, 0.15) is 44.1 Å². The van der Waals surface area contributed by atoms with E-state index in [9.17, 15) is 0 Å². The average molecular weight is 261 g/mol. The molecule has 0 spiro atoms. The summed E-state index contributed by atoms with van der Waals surface area (Å²) in [4.78, 5) is 4.25. The summed E-state index contributed by atoms with van der Waals surface area (Å²) >= 11 is 0. The molecule has 0 saturated heterocycles. The second-order valence-electron chi connectivity index (χ2n) is 4.82. The van der Waals surface area contributed by atoms with Gasteiger partial charge in [0.05, 0.1) is 6.54 Å². The maximum absolute atomic E-state index is 4.25. The van der Waals surface area contributed by atoms with Crippen LogP contribution in [-0.2, 0) is 13.6 Å². The molecule has 19 heavy (non-hydrogen) atoms. The third-order valence-electron chi connectivity index (χ3n) is 3.33. The van der Waals surface area contributed by atoms with E-state index in [-0.39, 0.29) is 0 Å². The smallest absolute Gasteiger partial charge is 0.146 e. The molecule has 1 N–H and O–H groups in total. The van der Waals surface area contributed by atoms with E-state index in [2.05, 4.69) is 52.3 Å². The lowest BCUT2D eigenvalue weighted by molar-refractivity contribution is 0.508. The molecule has 0 saturated carbocycles. The highest BCUT2D eigenvalue weighted by atomic mass is 15.3. The number of nitrogens with zero attached hydrogens (tertiary/aromatic N) is 4. The number of aryl methyl sites for hydroxylation is 1. The molecule has 2 rings (SSSR count). The number of rotatable bonds is 7. The van der Waals surface area contributed by atoms with Gasteiger partial charge < -0.3 is 9.88 Å². The summed E-state index contributed by atoms with van der Waals surface area (Å²) in [6, 6.07) is 2.65. The molecule has 0 aliphatic carbocycles. The molecule has 0 aromatic carbocycles. The quantitative estimate of drug-likeness (QED) is 0.830. The fourth-order valence-electron chi connectivity index (χ4n) is 2.31. The van der Waals surface area contributed by atoms with Gasteiger partial charge in [-0.05, 0) is 24.6 Å². The van der Waals surface area contributed by atoms with E-state index in [1.54, 1.807) is 6.33 Å². The van der Waals surface area contributed by atoms with Crippen molar-refractivity contribution in [2.75, 3.05) is 6.54 Å². The molecule has 0 aliphatic rings. The molecule has 2 aromatic rings. The van der Waals surface area contributed by atoms with Gasteiger partial charge in [0, 0.05) is 25.5 Å². The zero-order chi connectivity index (χ0) is 13.7. The van der Waals surface area contributed by atoms with Crippen molar-refractivity contribution in [3.63, 3.8) is 0 Å². The SMILES string of the molecule is CCCC(NCC)c1ccn(Cc2ncnn2C)c1. The summed E-state index contributed by atoms with van der Waals surface area (Å²) in [5, 5.41) is 7.63. The highest BCUT2D eigenvalue weighted by Gasteiger charge is 2.11. The molecule has 5 nitrogen and oxygen atoms in total. The van der Waals surface area contributed by atoms with Crippen molar-refractivity contribution in [1.29, 1.82) is 0 Å². The average Bonchev–Trinajstić information content (AvgIpc) is 3.00. The Bertz CT molecular complexity index is 493. The van der Waals surface area contributed by atoms with Gasteiger partial charge in [-0.2, -0.15) is 5.10 Å². The van der Waals surface area contributed by atoms with Gasteiger partial charge in [0.25, 0.3) is 0 Å². The molecular weight excluding hydrogens is 238 g/mol. The Kier molecular flexibility index (Phi) is 4.74. The number of hydrogen-bond acceptors (Lipinski definition) is 3. The third-order valence-corrected chi connectivity index (χ3v) is 3.33. The van der Waals surface area contributed by atoms with E-state index in [4.69, 9.17) is 0 Å². The van der Waals surface area contributed by atoms with Crippen molar-refractivity contribution in [1.82, 2.24) is 24.6 Å². The Hall–Kier alpha value is -1.62. The minimum Gasteiger partial charge on any atom is -0.346 e. The van der Waals surface area contributed by atoms with Gasteiger partial charge in [0.2, 0.25) is 0 Å². The van der Waals surface area contributed by atoms with Gasteiger partial charge in [-0.3, -0.25) is 4.68 Å². The summed E-state index contributed by atoms with van der Waals surface area (Å²) in [6.45, 7) is 6.14. The van der Waals surface area contributed by atoms with Crippen LogP contribution >= 0.6 is 0 Å². The van der Waals surface area contributed by atoms with Crippen LogP contribution in [0.4, 0.5) is 0 Å². The first-order valence-corrected chi connectivity index (χ1v) is 6.96. The van der Waals surface area contributed by atoms with Gasteiger partial charge in [-0.25, -0.2) is 4.98 Å². The minimum absolute atomic E-state index is 0.454. The maximum atomic E-state index is 4.25. The van der Waals surface area contributed by atoms with E-state index in [1.807, 2.05) is 11.7 Å². The van der Waals surface area contributed by atoms with Crippen LogP contribution < -0.4 is 5.32 Å². The summed E-state index contributed by atoms with van der Waals surface area (Å²) in [5.41, 5.74) is 1.35. The molecule has 0 amide bonds. The summed E-state index contributed by atoms with van der Waals surface area (Å²) in [6.07, 6.45) is 8.27. The predicted molar refractivity (Wildman–Crippen MR) is 75.9 cm³/mol. The van der Waals surface area contributed by atoms with Crippen molar-refractivity contribution in [2.24, 2.45) is 7.05 Å². The van der Waals surface area contributed by atoms with E-state index >= 15 is 0 Å². The molecular formula is C14H23N5. The fraction of sp³-hybridized carbons (Fsp3) is 0.571. The van der Waals surface area contributed by atoms with Gasteiger partial charge in [-0.1, -0.05) is 20.3 Å². The molecule has 0 fully saturated rings. The van der Waals surface area contributed by atoms with E-state index in [0.29, 0.717) is 6.04 Å². The highest BCUT2D eigenvalue weighted by Crippen LogP contribution is 2.19. The molecule has 104 valence electrons. The van der Waals surface area contributed by atoms with Crippen molar-refractivity contribution < 1.29 is 0 Å². The Morgan fingerprint density at radius 1 is 1.37 bits per heavy atom. The standard InChI is InChI=1S/C14H23N5/c1-4-6-13(15-5-2)12-7-8-19(9-12)10-14-16-11-17-18(14)3/h7-9,11,13,15H,4-6,10H2,1-3H3. The topological polar surface area (TPSA) is 47.7 Å². The van der Waals surface area contributed by atoms with Crippen LogP contribution in [0.3, 0.4) is 0 Å². The Morgan fingerprint density at radius 2 is 2.21 bits per heavy atom. The highest BCUT2D eigenvalue weighted by molar-refractivity contribution is 5.16. The zero-order valence-corrected chi connectivity index (χ0v) is 12.0. The van der Waals surface area contributed by atoms with Crippen LogP contribution in [0, 0.1) is 0 Å². The molecule has 1 atom stereocenters. The molecule has 5 heteroatoms. The number of aromatic nitrogens is 4. The van der Waals surface area contributed by atoms with Crippen LogP contribution in [0.15, 0.2) is 24.8 Å². The Labute approximate surface area is 114 Å². The predicted octanol–water partition coefficient (Wildman–Crippen LogP) is 2.12. The van der Waals surface area contributed by atoms with Crippen molar-refractivity contribution in [2.45, 2.75) is 39.3 Å². The van der Waals surface area contributed by atoms with E-state index in [0.717, 1.165) is 18.9 Å². The van der Waals surface area contributed by atoms with Crippen LogP contribution in [0.2, 0.25) is 0 Å². The summed E-state index contributed by atoms with van der Waals surface area (Å²) in [7, 11) is 1.92. The van der Waals surface area contributed by atoms with Crippen molar-refractivity contribution in [3.8, 4) is 0 Å². The van der Waals surface area contributed by atoms with Gasteiger partial charge in [0.1, 0.15) is 12.2 Å². The van der Waals surface area contributed by atoms with Gasteiger partial charge in [-0.15, -0.1) is 0 Å².